The van der Waals surface area contributed by atoms with E-state index in [0.29, 0.717) is 49.4 Å². The van der Waals surface area contributed by atoms with Crippen LogP contribution in [-0.2, 0) is 12.8 Å². The number of aromatic hydroxyl groups is 11. The van der Waals surface area contributed by atoms with Crippen molar-refractivity contribution >= 4 is 11.7 Å². The van der Waals surface area contributed by atoms with Crippen LogP contribution in [0.2, 0.25) is 0 Å². The normalized spacial score (nSPS) is 16.2. The van der Waals surface area contributed by atoms with E-state index in [1.165, 1.54) is 36.4 Å². The smallest absolute Gasteiger partial charge is 0.335 e. The van der Waals surface area contributed by atoms with Crippen molar-refractivity contribution in [3.8, 4) is 69.0 Å². The third-order valence-electron chi connectivity index (χ3n) is 9.59. The molecule has 7 rings (SSSR count). The highest BCUT2D eigenvalue weighted by atomic mass is 16.5. The summed E-state index contributed by atoms with van der Waals surface area (Å²) in [6.45, 7) is 3.07. The fourth-order valence-electron chi connectivity index (χ4n) is 6.81. The number of para-hydroxylation sites is 4. The molecule has 14 N–H and O–H groups in total. The summed E-state index contributed by atoms with van der Waals surface area (Å²) in [5, 5.41) is 124. The summed E-state index contributed by atoms with van der Waals surface area (Å²) in [6, 6.07) is 18.4. The number of anilines is 1. The maximum absolute atomic E-state index is 10.6. The molecule has 310 valence electrons. The van der Waals surface area contributed by atoms with Gasteiger partial charge in [0, 0.05) is 42.3 Å². The molecule has 0 spiro atoms. The van der Waals surface area contributed by atoms with Crippen molar-refractivity contribution in [2.45, 2.75) is 38.5 Å². The molecule has 1 heterocycles. The molecule has 0 bridgehead atoms. The number of aromatic carboxylic acids is 1. The first-order valence-electron chi connectivity index (χ1n) is 18.1. The Kier molecular flexibility index (Phi) is 14.8. The number of benzene rings is 5. The molecule has 2 aliphatic rings. The second-order valence-electron chi connectivity index (χ2n) is 13.6. The van der Waals surface area contributed by atoms with E-state index in [1.807, 2.05) is 0 Å². The molecule has 58 heavy (non-hydrogen) atoms. The van der Waals surface area contributed by atoms with E-state index in [4.69, 9.17) is 45.6 Å². The second-order valence-corrected chi connectivity index (χ2v) is 13.6. The van der Waals surface area contributed by atoms with Gasteiger partial charge in [0.2, 0.25) is 0 Å². The molecule has 3 unspecified atom stereocenters. The van der Waals surface area contributed by atoms with Crippen molar-refractivity contribution in [1.82, 2.24) is 0 Å². The predicted molar refractivity (Wildman–Crippen MR) is 211 cm³/mol. The largest absolute Gasteiger partial charge is 0.508 e. The third kappa shape index (κ3) is 10.8. The lowest BCUT2D eigenvalue weighted by molar-refractivity contribution is 0.0695. The maximum Gasteiger partial charge on any atom is 0.335 e. The van der Waals surface area contributed by atoms with E-state index in [-0.39, 0.29) is 75.9 Å². The van der Waals surface area contributed by atoms with Crippen molar-refractivity contribution in [3.63, 3.8) is 0 Å². The molecular weight excluding hydrogens is 758 g/mol. The van der Waals surface area contributed by atoms with Crippen LogP contribution in [0.5, 0.6) is 69.0 Å². The van der Waals surface area contributed by atoms with Crippen LogP contribution in [-0.4, -0.2) is 92.1 Å². The number of carboxylic acids is 1. The van der Waals surface area contributed by atoms with E-state index < -0.39 is 23.2 Å². The van der Waals surface area contributed by atoms with Crippen LogP contribution in [0.25, 0.3) is 0 Å². The van der Waals surface area contributed by atoms with Gasteiger partial charge in [0.1, 0.15) is 28.7 Å². The number of hydrogen-bond acceptors (Lipinski definition) is 15. The minimum Gasteiger partial charge on any atom is -0.508 e. The summed E-state index contributed by atoms with van der Waals surface area (Å²) in [5.41, 5.74) is 2.49. The number of aliphatic hydroxyl groups excluding tert-OH is 1. The molecule has 0 radical (unpaired) electrons. The molecule has 0 fully saturated rings. The summed E-state index contributed by atoms with van der Waals surface area (Å²) in [4.78, 5) is 10.3. The summed E-state index contributed by atoms with van der Waals surface area (Å²) >= 11 is 0. The van der Waals surface area contributed by atoms with Gasteiger partial charge in [0.05, 0.1) is 12.2 Å². The van der Waals surface area contributed by atoms with Crippen LogP contribution in [0.1, 0.15) is 52.7 Å². The van der Waals surface area contributed by atoms with Crippen molar-refractivity contribution in [2.75, 3.05) is 25.1 Å². The topological polar surface area (TPSA) is 301 Å². The first-order chi connectivity index (χ1) is 27.5. The molecule has 1 aliphatic heterocycles. The molecule has 16 nitrogen and oxygen atoms in total. The van der Waals surface area contributed by atoms with Gasteiger partial charge in [-0.3, -0.25) is 0 Å². The quantitative estimate of drug-likeness (QED) is 0.0700. The zero-order chi connectivity index (χ0) is 42.7. The molecule has 16 heteroatoms. The van der Waals surface area contributed by atoms with Crippen LogP contribution in [0.4, 0.5) is 5.69 Å². The van der Waals surface area contributed by atoms with Gasteiger partial charge < -0.3 is 76.4 Å². The Labute approximate surface area is 332 Å². The van der Waals surface area contributed by atoms with Gasteiger partial charge in [-0.1, -0.05) is 31.2 Å². The Morgan fingerprint density at radius 1 is 0.707 bits per heavy atom. The Morgan fingerprint density at radius 3 is 1.76 bits per heavy atom. The Bertz CT molecular complexity index is 2080. The number of hydrogen-bond donors (Lipinski definition) is 14. The van der Waals surface area contributed by atoms with Gasteiger partial charge in [-0.2, -0.15) is 0 Å². The van der Waals surface area contributed by atoms with Gasteiger partial charge in [-0.15, -0.1) is 0 Å². The standard InChI is InChI=1S/C23H29NO6.C7H6O5.2C6H6O2/c1-12-7-13-8-14(26)9-19(28)21(13)17(15(12)4-5-25)11-24-22-20(29)10-18(27)16-3-2-6-30-23(16)22;8-4-1-3(7(11)12)2-5(9)6(4)10;2*7-5-3-1-2-4-6(5)8/h8-10,12,15,17,24-29H,2-7,11H2,1H3;1-2,8-10H,(H,11,12);2*1-4,7-8H. The number of fused-ring (bicyclic) bond motifs is 2. The van der Waals surface area contributed by atoms with Crippen LogP contribution in [0.15, 0.2) is 78.9 Å². The highest BCUT2D eigenvalue weighted by Gasteiger charge is 2.37. The van der Waals surface area contributed by atoms with E-state index in [2.05, 4.69) is 12.2 Å². The number of carbonyl (C=O) groups is 1. The highest BCUT2D eigenvalue weighted by Crippen LogP contribution is 2.49. The minimum absolute atomic E-state index is 0.0238. The molecule has 5 aromatic carbocycles. The molecule has 0 aromatic heterocycles. The molecule has 0 saturated heterocycles. The Morgan fingerprint density at radius 2 is 1.26 bits per heavy atom. The molecule has 1 aliphatic carbocycles. The number of nitrogens with one attached hydrogen (secondary N) is 1. The highest BCUT2D eigenvalue weighted by molar-refractivity contribution is 5.89. The van der Waals surface area contributed by atoms with Gasteiger partial charge in [0.25, 0.3) is 0 Å². The SMILES string of the molecule is CC1Cc2cc(O)cc(O)c2C(CNc2c(O)cc(O)c3c2OCCC3)C1CCO.O=C(O)c1cc(O)c(O)c(O)c1.Oc1ccccc1O.Oc1ccccc1O. The number of phenols is 11. The fraction of sp³-hybridized carbons (Fsp3) is 0.262. The average Bonchev–Trinajstić information content (AvgIpc) is 3.17. The fourth-order valence-corrected chi connectivity index (χ4v) is 6.81. The lowest BCUT2D eigenvalue weighted by atomic mass is 9.68. The number of aliphatic hydroxyl groups is 1. The number of carboxylic acid groups (broad SMARTS) is 1. The zero-order valence-corrected chi connectivity index (χ0v) is 31.3. The van der Waals surface area contributed by atoms with Gasteiger partial charge in [-0.05, 0) is 85.5 Å². The van der Waals surface area contributed by atoms with Crippen LogP contribution >= 0.6 is 0 Å². The Hall–Kier alpha value is -7.07. The Balaban J connectivity index is 0.000000215. The van der Waals surface area contributed by atoms with Crippen molar-refractivity contribution in [3.05, 3.63) is 101 Å². The average molecular weight is 806 g/mol. The summed E-state index contributed by atoms with van der Waals surface area (Å²) in [7, 11) is 0. The van der Waals surface area contributed by atoms with Crippen molar-refractivity contribution < 1.29 is 75.9 Å². The van der Waals surface area contributed by atoms with Crippen LogP contribution < -0.4 is 10.1 Å². The maximum atomic E-state index is 10.6. The monoisotopic (exact) mass is 805 g/mol. The number of ether oxygens (including phenoxy) is 1. The molecule has 5 aromatic rings. The first-order valence-corrected chi connectivity index (χ1v) is 18.1. The first kappa shape index (κ1) is 43.7. The third-order valence-corrected chi connectivity index (χ3v) is 9.59. The van der Waals surface area contributed by atoms with E-state index >= 15 is 0 Å². The lowest BCUT2D eigenvalue weighted by Crippen LogP contribution is -2.33. The second kappa shape index (κ2) is 19.7. The lowest BCUT2D eigenvalue weighted by Gasteiger charge is -2.39. The summed E-state index contributed by atoms with van der Waals surface area (Å²) in [5.74, 6) is -2.94. The molecule has 0 amide bonds. The molecule has 3 atom stereocenters. The van der Waals surface area contributed by atoms with Gasteiger partial charge >= 0.3 is 5.97 Å². The molecule has 0 saturated carbocycles. The van der Waals surface area contributed by atoms with Crippen LogP contribution in [0, 0.1) is 11.8 Å². The molecular formula is C42H47NO15. The van der Waals surface area contributed by atoms with Gasteiger partial charge in [-0.25, -0.2) is 4.79 Å². The summed E-state index contributed by atoms with van der Waals surface area (Å²) < 4.78 is 5.76. The number of phenolic OH excluding ortho intramolecular Hbond substituents is 11. The van der Waals surface area contributed by atoms with E-state index in [9.17, 15) is 30.3 Å². The predicted octanol–water partition coefficient (Wildman–Crippen LogP) is 5.92. The van der Waals surface area contributed by atoms with Crippen molar-refractivity contribution in [1.29, 1.82) is 0 Å². The van der Waals surface area contributed by atoms with Crippen molar-refractivity contribution in [2.24, 2.45) is 11.8 Å². The zero-order valence-electron chi connectivity index (χ0n) is 31.3. The summed E-state index contributed by atoms with van der Waals surface area (Å²) in [6.07, 6.45) is 2.77. The van der Waals surface area contributed by atoms with Gasteiger partial charge in [0.15, 0.2) is 46.0 Å². The minimum atomic E-state index is -1.29. The van der Waals surface area contributed by atoms with Crippen LogP contribution in [0.3, 0.4) is 0 Å². The van der Waals surface area contributed by atoms with E-state index in [1.54, 1.807) is 30.3 Å². The van der Waals surface area contributed by atoms with E-state index in [0.717, 1.165) is 29.7 Å². The number of rotatable bonds is 6.